The highest BCUT2D eigenvalue weighted by molar-refractivity contribution is 7.90. The molecule has 2 unspecified atom stereocenters. The summed E-state index contributed by atoms with van der Waals surface area (Å²) in [5, 5.41) is 0.407. The maximum Gasteiger partial charge on any atom is 0.416 e. The Labute approximate surface area is 173 Å². The van der Waals surface area contributed by atoms with Crippen molar-refractivity contribution in [1.29, 1.82) is 0 Å². The van der Waals surface area contributed by atoms with Gasteiger partial charge in [-0.25, -0.2) is 13.1 Å². The number of hydrogen-bond donors (Lipinski definition) is 1. The Morgan fingerprint density at radius 2 is 1.83 bits per heavy atom. The minimum absolute atomic E-state index is 0.0911. The van der Waals surface area contributed by atoms with Crippen LogP contribution in [-0.4, -0.2) is 46.0 Å². The van der Waals surface area contributed by atoms with Gasteiger partial charge in [-0.2, -0.15) is 18.2 Å². The van der Waals surface area contributed by atoms with E-state index in [1.807, 2.05) is 18.2 Å². The molecule has 0 radical (unpaired) electrons. The number of halogens is 3. The summed E-state index contributed by atoms with van der Waals surface area (Å²) in [5.74, 6) is 0.670. The van der Waals surface area contributed by atoms with E-state index >= 15 is 0 Å². The van der Waals surface area contributed by atoms with Crippen molar-refractivity contribution in [2.24, 2.45) is 0 Å². The van der Waals surface area contributed by atoms with E-state index in [4.69, 9.17) is 9.57 Å². The van der Waals surface area contributed by atoms with Crippen LogP contribution in [0.1, 0.15) is 22.7 Å². The Hall–Kier alpha value is -2.14. The first-order valence-corrected chi connectivity index (χ1v) is 10.8. The molecule has 2 aromatic carbocycles. The maximum atomic E-state index is 12.9. The van der Waals surface area contributed by atoms with Crippen LogP contribution < -0.4 is 9.46 Å². The largest absolute Gasteiger partial charge is 0.496 e. The Balaban J connectivity index is 1.72. The average Bonchev–Trinajstić information content (AvgIpc) is 3.10. The van der Waals surface area contributed by atoms with Crippen molar-refractivity contribution in [2.75, 3.05) is 27.3 Å². The second-order valence-electron chi connectivity index (χ2n) is 6.95. The van der Waals surface area contributed by atoms with Crippen LogP contribution in [0.2, 0.25) is 0 Å². The Morgan fingerprint density at radius 1 is 1.17 bits per heavy atom. The van der Waals surface area contributed by atoms with Gasteiger partial charge in [-0.05, 0) is 35.7 Å². The van der Waals surface area contributed by atoms with Crippen LogP contribution in [0.3, 0.4) is 0 Å². The van der Waals surface area contributed by atoms with Gasteiger partial charge in [0.2, 0.25) is 10.0 Å². The van der Waals surface area contributed by atoms with Crippen molar-refractivity contribution in [3.63, 3.8) is 0 Å². The van der Waals surface area contributed by atoms with Crippen molar-refractivity contribution in [2.45, 2.75) is 23.9 Å². The molecule has 6 nitrogen and oxygen atoms in total. The molecule has 1 aliphatic heterocycles. The van der Waals surface area contributed by atoms with Crippen LogP contribution in [0.25, 0.3) is 0 Å². The molecule has 1 heterocycles. The van der Waals surface area contributed by atoms with Crippen LogP contribution in [-0.2, 0) is 27.5 Å². The average molecular weight is 444 g/mol. The normalized spacial score (nSPS) is 20.4. The van der Waals surface area contributed by atoms with Gasteiger partial charge in [0.15, 0.2) is 0 Å². The van der Waals surface area contributed by atoms with E-state index in [1.54, 1.807) is 20.2 Å². The van der Waals surface area contributed by atoms with Crippen molar-refractivity contribution >= 4 is 10.0 Å². The summed E-state index contributed by atoms with van der Waals surface area (Å²) in [7, 11) is -0.691. The third-order valence-corrected chi connectivity index (χ3v) is 6.85. The predicted molar refractivity (Wildman–Crippen MR) is 105 cm³/mol. The number of para-hydroxylation sites is 1. The number of hydrogen-bond acceptors (Lipinski definition) is 5. The summed E-state index contributed by atoms with van der Waals surface area (Å²) in [5.41, 5.74) is 0.507. The molecular formula is C20H23F3N2O4S. The van der Waals surface area contributed by atoms with Gasteiger partial charge in [-0.3, -0.25) is 4.84 Å². The number of methoxy groups -OCH3 is 1. The molecule has 3 rings (SSSR count). The number of nitrogens with one attached hydrogen (secondary N) is 1. The van der Waals surface area contributed by atoms with E-state index in [0.717, 1.165) is 17.7 Å². The highest BCUT2D eigenvalue weighted by atomic mass is 32.2. The molecule has 0 bridgehead atoms. The third kappa shape index (κ3) is 4.94. The van der Waals surface area contributed by atoms with E-state index < -0.39 is 33.1 Å². The van der Waals surface area contributed by atoms with E-state index in [1.165, 1.54) is 17.2 Å². The molecule has 0 saturated carbocycles. The number of rotatable bonds is 7. The second-order valence-corrected chi connectivity index (χ2v) is 8.93. The quantitative estimate of drug-likeness (QED) is 0.711. The van der Waals surface area contributed by atoms with Gasteiger partial charge in [0.25, 0.3) is 0 Å². The molecule has 30 heavy (non-hydrogen) atoms. The molecule has 0 aromatic heterocycles. The molecule has 0 amide bonds. The van der Waals surface area contributed by atoms with Crippen LogP contribution >= 0.6 is 0 Å². The summed E-state index contributed by atoms with van der Waals surface area (Å²) in [4.78, 5) is 5.39. The van der Waals surface area contributed by atoms with E-state index in [9.17, 15) is 21.6 Å². The molecule has 2 atom stereocenters. The first-order chi connectivity index (χ1) is 14.1. The number of sulfonamides is 1. The second kappa shape index (κ2) is 8.93. The smallest absolute Gasteiger partial charge is 0.416 e. The van der Waals surface area contributed by atoms with Crippen molar-refractivity contribution in [1.82, 2.24) is 9.79 Å². The molecule has 0 spiro atoms. The molecule has 164 valence electrons. The van der Waals surface area contributed by atoms with Gasteiger partial charge in [0, 0.05) is 13.6 Å². The number of nitrogens with zero attached hydrogens (tertiary/aromatic N) is 1. The summed E-state index contributed by atoms with van der Waals surface area (Å²) in [6.07, 6.45) is -4.03. The summed E-state index contributed by atoms with van der Waals surface area (Å²) >= 11 is 0. The van der Waals surface area contributed by atoms with E-state index in [2.05, 4.69) is 4.72 Å². The highest BCUT2D eigenvalue weighted by Crippen LogP contribution is 2.35. The molecule has 10 heteroatoms. The zero-order valence-electron chi connectivity index (χ0n) is 16.5. The molecule has 1 saturated heterocycles. The van der Waals surface area contributed by atoms with Crippen molar-refractivity contribution in [3.8, 4) is 5.75 Å². The minimum atomic E-state index is -4.46. The lowest BCUT2D eigenvalue weighted by atomic mass is 10.0. The van der Waals surface area contributed by atoms with Gasteiger partial charge >= 0.3 is 6.18 Å². The van der Waals surface area contributed by atoms with Gasteiger partial charge in [0.05, 0.1) is 25.3 Å². The Kier molecular flexibility index (Phi) is 6.71. The lowest BCUT2D eigenvalue weighted by Gasteiger charge is -2.23. The molecule has 2 aromatic rings. The van der Waals surface area contributed by atoms with Crippen LogP contribution in [0.4, 0.5) is 13.2 Å². The van der Waals surface area contributed by atoms with E-state index in [0.29, 0.717) is 17.7 Å². The van der Waals surface area contributed by atoms with Gasteiger partial charge in [-0.1, -0.05) is 30.3 Å². The van der Waals surface area contributed by atoms with Crippen molar-refractivity contribution in [3.05, 3.63) is 65.2 Å². The van der Waals surface area contributed by atoms with E-state index in [-0.39, 0.29) is 13.2 Å². The number of benzene rings is 2. The zero-order chi connectivity index (χ0) is 21.9. The lowest BCUT2D eigenvalue weighted by Crippen LogP contribution is -2.40. The lowest BCUT2D eigenvalue weighted by molar-refractivity contribution is -0.137. The van der Waals surface area contributed by atoms with Crippen LogP contribution in [0.5, 0.6) is 5.75 Å². The number of ether oxygens (including phenoxy) is 1. The SMILES string of the molecule is COc1ccccc1CCNS(=O)(=O)C1CON(C)C1c1ccc(C(F)(F)F)cc1. The Bertz CT molecular complexity index is 965. The molecule has 1 N–H and O–H groups in total. The fourth-order valence-electron chi connectivity index (χ4n) is 3.49. The van der Waals surface area contributed by atoms with Crippen LogP contribution in [0.15, 0.2) is 48.5 Å². The molecule has 0 aliphatic carbocycles. The van der Waals surface area contributed by atoms with Gasteiger partial charge < -0.3 is 4.74 Å². The highest BCUT2D eigenvalue weighted by Gasteiger charge is 2.43. The summed E-state index contributed by atoms with van der Waals surface area (Å²) < 4.78 is 72.1. The fourth-order valence-corrected chi connectivity index (χ4v) is 5.00. The predicted octanol–water partition coefficient (Wildman–Crippen LogP) is 3.16. The van der Waals surface area contributed by atoms with Gasteiger partial charge in [-0.15, -0.1) is 0 Å². The van der Waals surface area contributed by atoms with Crippen molar-refractivity contribution < 1.29 is 31.2 Å². The standard InChI is InChI=1S/C20H23F3N2O4S/c1-25-19(15-7-9-16(10-8-15)20(21,22)23)18(13-29-25)30(26,27)24-12-11-14-5-3-4-6-17(14)28-2/h3-10,18-19,24H,11-13H2,1-2H3. The Morgan fingerprint density at radius 3 is 2.47 bits per heavy atom. The first-order valence-electron chi connectivity index (χ1n) is 9.27. The summed E-state index contributed by atoms with van der Waals surface area (Å²) in [6, 6.07) is 11.1. The number of hydroxylamine groups is 2. The third-order valence-electron chi connectivity index (χ3n) is 5.05. The van der Waals surface area contributed by atoms with Crippen LogP contribution in [0, 0.1) is 0 Å². The molecule has 1 aliphatic rings. The zero-order valence-corrected chi connectivity index (χ0v) is 17.3. The monoisotopic (exact) mass is 444 g/mol. The molecular weight excluding hydrogens is 421 g/mol. The minimum Gasteiger partial charge on any atom is -0.496 e. The first kappa shape index (κ1) is 22.5. The fraction of sp³-hybridized carbons (Fsp3) is 0.400. The number of alkyl halides is 3. The maximum absolute atomic E-state index is 12.9. The topological polar surface area (TPSA) is 67.9 Å². The molecule has 1 fully saturated rings. The van der Waals surface area contributed by atoms with Gasteiger partial charge in [0.1, 0.15) is 11.0 Å². The summed E-state index contributed by atoms with van der Waals surface area (Å²) in [6.45, 7) is 0.0643.